The minimum Gasteiger partial charge on any atom is -0.383 e. The van der Waals surface area contributed by atoms with Gasteiger partial charge in [-0.2, -0.15) is 0 Å². The maximum Gasteiger partial charge on any atom is 0.135 e. The Morgan fingerprint density at radius 1 is 1.10 bits per heavy atom. The van der Waals surface area contributed by atoms with Crippen molar-refractivity contribution in [1.82, 2.24) is 19.9 Å². The molecule has 6 nitrogen and oxygen atoms in total. The second-order valence-corrected chi connectivity index (χ2v) is 7.93. The van der Waals surface area contributed by atoms with E-state index < -0.39 is 0 Å². The van der Waals surface area contributed by atoms with E-state index in [4.69, 9.17) is 16.5 Å². The monoisotopic (exact) mass is 398 g/mol. The van der Waals surface area contributed by atoms with E-state index >= 15 is 0 Å². The number of anilines is 1. The van der Waals surface area contributed by atoms with Crippen molar-refractivity contribution in [3.63, 3.8) is 0 Å². The largest absolute Gasteiger partial charge is 0.383 e. The zero-order chi connectivity index (χ0) is 20.7. The lowest BCUT2D eigenvalue weighted by Gasteiger charge is -2.19. The third kappa shape index (κ3) is 3.24. The van der Waals surface area contributed by atoms with Gasteiger partial charge in [0.05, 0.1) is 11.2 Å². The first-order valence-corrected chi connectivity index (χ1v) is 10.4. The molecule has 5 rings (SSSR count). The van der Waals surface area contributed by atoms with Gasteiger partial charge in [-0.1, -0.05) is 36.4 Å². The highest BCUT2D eigenvalue weighted by molar-refractivity contribution is 5.83. The summed E-state index contributed by atoms with van der Waals surface area (Å²) in [5, 5.41) is 4.55. The summed E-state index contributed by atoms with van der Waals surface area (Å²) >= 11 is 0. The predicted molar refractivity (Wildman–Crippen MR) is 121 cm³/mol. The molecule has 4 aromatic rings. The highest BCUT2D eigenvalue weighted by Gasteiger charge is 2.19. The van der Waals surface area contributed by atoms with E-state index in [0.717, 1.165) is 59.1 Å². The Hall–Kier alpha value is -3.22. The SMILES string of the molecule is CC(N)c1cc2ccccc2n1-c1ccccc1Cc1nc(N)c2c(n1)CNCC2. The molecule has 1 atom stereocenters. The number of hydrogen-bond donors (Lipinski definition) is 3. The molecule has 152 valence electrons. The molecule has 3 heterocycles. The van der Waals surface area contributed by atoms with Crippen molar-refractivity contribution in [3.05, 3.63) is 82.9 Å². The van der Waals surface area contributed by atoms with Gasteiger partial charge in [-0.3, -0.25) is 0 Å². The number of nitrogen functional groups attached to an aromatic ring is 1. The fourth-order valence-electron chi connectivity index (χ4n) is 4.35. The first-order chi connectivity index (χ1) is 14.6. The Morgan fingerprint density at radius 2 is 1.90 bits per heavy atom. The molecule has 0 fully saturated rings. The van der Waals surface area contributed by atoms with Gasteiger partial charge in [-0.25, -0.2) is 9.97 Å². The summed E-state index contributed by atoms with van der Waals surface area (Å²) in [6.07, 6.45) is 1.49. The maximum atomic E-state index is 6.35. The molecule has 6 heteroatoms. The number of benzene rings is 2. The molecule has 1 aliphatic heterocycles. The van der Waals surface area contributed by atoms with E-state index in [9.17, 15) is 0 Å². The highest BCUT2D eigenvalue weighted by Crippen LogP contribution is 2.30. The Kier molecular flexibility index (Phi) is 4.73. The number of hydrogen-bond acceptors (Lipinski definition) is 5. The van der Waals surface area contributed by atoms with Crippen LogP contribution in [0, 0.1) is 0 Å². The van der Waals surface area contributed by atoms with Crippen LogP contribution in [0.5, 0.6) is 0 Å². The van der Waals surface area contributed by atoms with Gasteiger partial charge in [0.25, 0.3) is 0 Å². The third-order valence-corrected chi connectivity index (χ3v) is 5.80. The number of fused-ring (bicyclic) bond motifs is 2. The molecule has 0 spiro atoms. The third-order valence-electron chi connectivity index (χ3n) is 5.80. The van der Waals surface area contributed by atoms with Crippen LogP contribution in [0.3, 0.4) is 0 Å². The van der Waals surface area contributed by atoms with Crippen molar-refractivity contribution in [2.75, 3.05) is 12.3 Å². The fraction of sp³-hybridized carbons (Fsp3) is 0.250. The second-order valence-electron chi connectivity index (χ2n) is 7.93. The minimum absolute atomic E-state index is 0.0906. The Balaban J connectivity index is 1.62. The second kappa shape index (κ2) is 7.55. The molecule has 1 unspecified atom stereocenters. The van der Waals surface area contributed by atoms with E-state index in [1.54, 1.807) is 0 Å². The molecule has 0 amide bonds. The zero-order valence-corrected chi connectivity index (χ0v) is 17.1. The summed E-state index contributed by atoms with van der Waals surface area (Å²) in [7, 11) is 0. The topological polar surface area (TPSA) is 94.8 Å². The van der Waals surface area contributed by atoms with Crippen LogP contribution in [0.4, 0.5) is 5.82 Å². The van der Waals surface area contributed by atoms with Crippen LogP contribution < -0.4 is 16.8 Å². The lowest BCUT2D eigenvalue weighted by molar-refractivity contribution is 0.620. The fourth-order valence-corrected chi connectivity index (χ4v) is 4.35. The van der Waals surface area contributed by atoms with E-state index in [0.29, 0.717) is 12.2 Å². The van der Waals surface area contributed by atoms with Crippen molar-refractivity contribution in [2.24, 2.45) is 5.73 Å². The molecule has 2 aromatic carbocycles. The normalized spacial score (nSPS) is 14.6. The van der Waals surface area contributed by atoms with Crippen molar-refractivity contribution in [1.29, 1.82) is 0 Å². The first-order valence-electron chi connectivity index (χ1n) is 10.4. The smallest absolute Gasteiger partial charge is 0.135 e. The molecular formula is C24H26N6. The van der Waals surface area contributed by atoms with Crippen molar-refractivity contribution >= 4 is 16.7 Å². The predicted octanol–water partition coefficient (Wildman–Crippen LogP) is 3.26. The Labute approximate surface area is 175 Å². The minimum atomic E-state index is -0.0906. The summed E-state index contributed by atoms with van der Waals surface area (Å²) in [6, 6.07) is 18.8. The molecule has 0 bridgehead atoms. The van der Waals surface area contributed by atoms with Gasteiger partial charge < -0.3 is 21.4 Å². The zero-order valence-electron chi connectivity index (χ0n) is 17.1. The quantitative estimate of drug-likeness (QED) is 0.490. The molecule has 0 saturated carbocycles. The van der Waals surface area contributed by atoms with Crippen molar-refractivity contribution < 1.29 is 0 Å². The van der Waals surface area contributed by atoms with Gasteiger partial charge in [0.15, 0.2) is 0 Å². The number of rotatable bonds is 4. The van der Waals surface area contributed by atoms with Crippen LogP contribution in [-0.4, -0.2) is 21.1 Å². The van der Waals surface area contributed by atoms with Crippen LogP contribution in [0.25, 0.3) is 16.6 Å². The molecule has 2 aromatic heterocycles. The average Bonchev–Trinajstić information content (AvgIpc) is 3.14. The number of nitrogens with zero attached hydrogens (tertiary/aromatic N) is 3. The standard InChI is InChI=1S/C24H26N6/c1-15(25)22-12-16-6-2-4-8-20(16)30(22)21-9-5-3-7-17(21)13-23-28-19-14-27-11-10-18(19)24(26)29-23/h2-9,12,15,27H,10-11,13-14,25H2,1H3,(H2,26,28,29). The van der Waals surface area contributed by atoms with Gasteiger partial charge in [0.2, 0.25) is 0 Å². The van der Waals surface area contributed by atoms with Gasteiger partial charge in [-0.05, 0) is 43.7 Å². The summed E-state index contributed by atoms with van der Waals surface area (Å²) in [5.41, 5.74) is 19.2. The molecular weight excluding hydrogens is 372 g/mol. The summed E-state index contributed by atoms with van der Waals surface area (Å²) in [5.74, 6) is 1.36. The van der Waals surface area contributed by atoms with Crippen LogP contribution in [-0.2, 0) is 19.4 Å². The first kappa shape index (κ1) is 18.8. The van der Waals surface area contributed by atoms with E-state index in [1.807, 2.05) is 6.92 Å². The van der Waals surface area contributed by atoms with Gasteiger partial charge in [0, 0.05) is 41.3 Å². The number of nitrogens with one attached hydrogen (secondary N) is 1. The van der Waals surface area contributed by atoms with Gasteiger partial charge in [-0.15, -0.1) is 0 Å². The highest BCUT2D eigenvalue weighted by atomic mass is 15.0. The Bertz CT molecular complexity index is 1220. The van der Waals surface area contributed by atoms with Crippen LogP contribution in [0.2, 0.25) is 0 Å². The van der Waals surface area contributed by atoms with Crippen LogP contribution >= 0.6 is 0 Å². The van der Waals surface area contributed by atoms with Gasteiger partial charge >= 0.3 is 0 Å². The number of aromatic nitrogens is 3. The van der Waals surface area contributed by atoms with E-state index in [-0.39, 0.29) is 6.04 Å². The number of nitrogens with two attached hydrogens (primary N) is 2. The molecule has 1 aliphatic rings. The van der Waals surface area contributed by atoms with E-state index in [2.05, 4.69) is 69.5 Å². The summed E-state index contributed by atoms with van der Waals surface area (Å²) in [4.78, 5) is 9.45. The van der Waals surface area contributed by atoms with E-state index in [1.165, 1.54) is 5.39 Å². The molecule has 0 radical (unpaired) electrons. The van der Waals surface area contributed by atoms with Gasteiger partial charge in [0.1, 0.15) is 11.6 Å². The van der Waals surface area contributed by atoms with Crippen LogP contribution in [0.15, 0.2) is 54.6 Å². The molecule has 0 aliphatic carbocycles. The number of para-hydroxylation sites is 2. The molecule has 30 heavy (non-hydrogen) atoms. The van der Waals surface area contributed by atoms with Crippen LogP contribution in [0.1, 0.15) is 41.3 Å². The molecule has 0 saturated heterocycles. The lowest BCUT2D eigenvalue weighted by atomic mass is 10.1. The summed E-state index contributed by atoms with van der Waals surface area (Å²) < 4.78 is 2.26. The lowest BCUT2D eigenvalue weighted by Crippen LogP contribution is -2.27. The molecule has 5 N–H and O–H groups in total. The van der Waals surface area contributed by atoms with Crippen molar-refractivity contribution in [3.8, 4) is 5.69 Å². The Morgan fingerprint density at radius 3 is 2.77 bits per heavy atom. The van der Waals surface area contributed by atoms with Crippen molar-refractivity contribution in [2.45, 2.75) is 32.4 Å². The average molecular weight is 399 g/mol. The maximum absolute atomic E-state index is 6.35. The summed E-state index contributed by atoms with van der Waals surface area (Å²) in [6.45, 7) is 3.69.